The minimum atomic E-state index is -1.06. The molecule has 148 valence electrons. The molecular formula is C21H23NO6. The zero-order valence-corrected chi connectivity index (χ0v) is 15.4. The average molecular weight is 385 g/mol. The Morgan fingerprint density at radius 3 is 2.68 bits per heavy atom. The van der Waals surface area contributed by atoms with Crippen LogP contribution in [0.5, 0.6) is 5.75 Å². The van der Waals surface area contributed by atoms with E-state index < -0.39 is 12.6 Å². The van der Waals surface area contributed by atoms with Crippen molar-refractivity contribution >= 4 is 17.6 Å². The highest BCUT2D eigenvalue weighted by Gasteiger charge is 2.17. The van der Waals surface area contributed by atoms with Gasteiger partial charge >= 0.3 is 5.97 Å². The average Bonchev–Trinajstić information content (AvgIpc) is 2.72. The lowest BCUT2D eigenvalue weighted by atomic mass is 10.1. The van der Waals surface area contributed by atoms with Crippen LogP contribution in [-0.4, -0.2) is 42.9 Å². The van der Waals surface area contributed by atoms with Crippen molar-refractivity contribution < 1.29 is 28.9 Å². The molecule has 0 aliphatic carbocycles. The van der Waals surface area contributed by atoms with E-state index in [4.69, 9.17) is 19.3 Å². The van der Waals surface area contributed by atoms with Gasteiger partial charge in [0.05, 0.1) is 12.7 Å². The lowest BCUT2D eigenvalue weighted by molar-refractivity contribution is -0.139. The van der Waals surface area contributed by atoms with Crippen molar-refractivity contribution in [1.82, 2.24) is 0 Å². The van der Waals surface area contributed by atoms with E-state index in [1.54, 1.807) is 36.4 Å². The predicted octanol–water partition coefficient (Wildman–Crippen LogP) is 3.10. The summed E-state index contributed by atoms with van der Waals surface area (Å²) in [6.07, 6.45) is 1.86. The number of ether oxygens (including phenoxy) is 3. The molecule has 2 aromatic rings. The van der Waals surface area contributed by atoms with Gasteiger partial charge in [-0.2, -0.15) is 0 Å². The third-order valence-electron chi connectivity index (χ3n) is 4.36. The van der Waals surface area contributed by atoms with Crippen LogP contribution in [0.4, 0.5) is 5.69 Å². The second-order valence-corrected chi connectivity index (χ2v) is 6.44. The Morgan fingerprint density at radius 1 is 1.11 bits per heavy atom. The number of carbonyl (C=O) groups is 2. The largest absolute Gasteiger partial charge is 0.482 e. The lowest BCUT2D eigenvalue weighted by Gasteiger charge is -2.23. The predicted molar refractivity (Wildman–Crippen MR) is 103 cm³/mol. The van der Waals surface area contributed by atoms with E-state index in [9.17, 15) is 9.59 Å². The van der Waals surface area contributed by atoms with Gasteiger partial charge in [-0.1, -0.05) is 24.3 Å². The van der Waals surface area contributed by atoms with Crippen LogP contribution in [0, 0.1) is 0 Å². The molecule has 0 bridgehead atoms. The summed E-state index contributed by atoms with van der Waals surface area (Å²) in [7, 11) is 0. The van der Waals surface area contributed by atoms with Gasteiger partial charge in [-0.15, -0.1) is 0 Å². The fraction of sp³-hybridized carbons (Fsp3) is 0.333. The zero-order valence-electron chi connectivity index (χ0n) is 15.4. The van der Waals surface area contributed by atoms with Crippen molar-refractivity contribution in [3.05, 3.63) is 59.7 Å². The van der Waals surface area contributed by atoms with E-state index in [2.05, 4.69) is 5.32 Å². The lowest BCUT2D eigenvalue weighted by Crippen LogP contribution is -2.24. The van der Waals surface area contributed by atoms with Crippen molar-refractivity contribution in [2.45, 2.75) is 25.6 Å². The Labute approximate surface area is 163 Å². The van der Waals surface area contributed by atoms with E-state index in [0.717, 1.165) is 18.4 Å². The van der Waals surface area contributed by atoms with Crippen molar-refractivity contribution in [2.75, 3.05) is 25.1 Å². The molecule has 0 saturated carbocycles. The number of amides is 1. The number of benzene rings is 2. The van der Waals surface area contributed by atoms with Gasteiger partial charge in [0.2, 0.25) is 0 Å². The summed E-state index contributed by atoms with van der Waals surface area (Å²) in [6, 6.07) is 13.9. The maximum absolute atomic E-state index is 12.7. The molecule has 1 fully saturated rings. The monoisotopic (exact) mass is 385 g/mol. The number of rotatable bonds is 8. The van der Waals surface area contributed by atoms with E-state index in [1.807, 2.05) is 12.1 Å². The van der Waals surface area contributed by atoms with Gasteiger partial charge in [0.25, 0.3) is 5.91 Å². The summed E-state index contributed by atoms with van der Waals surface area (Å²) in [5.41, 5.74) is 1.87. The summed E-state index contributed by atoms with van der Waals surface area (Å²) in [5.74, 6) is -0.953. The van der Waals surface area contributed by atoms with Crippen LogP contribution in [0.2, 0.25) is 0 Å². The van der Waals surface area contributed by atoms with Gasteiger partial charge in [0.15, 0.2) is 6.61 Å². The minimum Gasteiger partial charge on any atom is -0.482 e. The molecule has 2 aromatic carbocycles. The highest BCUT2D eigenvalue weighted by Crippen LogP contribution is 2.20. The van der Waals surface area contributed by atoms with E-state index >= 15 is 0 Å². The maximum Gasteiger partial charge on any atom is 0.341 e. The van der Waals surface area contributed by atoms with E-state index in [-0.39, 0.29) is 12.0 Å². The molecule has 0 aromatic heterocycles. The number of anilines is 1. The van der Waals surface area contributed by atoms with Crippen molar-refractivity contribution in [3.8, 4) is 5.75 Å². The van der Waals surface area contributed by atoms with Crippen LogP contribution < -0.4 is 10.1 Å². The molecule has 1 saturated heterocycles. The van der Waals surface area contributed by atoms with Crippen LogP contribution >= 0.6 is 0 Å². The molecule has 3 rings (SSSR count). The molecule has 1 aliphatic rings. The maximum atomic E-state index is 12.7. The Bertz CT molecular complexity index is 816. The molecule has 1 amide bonds. The van der Waals surface area contributed by atoms with Crippen LogP contribution in [-0.2, 0) is 20.9 Å². The third-order valence-corrected chi connectivity index (χ3v) is 4.36. The van der Waals surface area contributed by atoms with E-state index in [1.165, 1.54) is 0 Å². The second kappa shape index (κ2) is 9.87. The first-order valence-corrected chi connectivity index (χ1v) is 9.15. The van der Waals surface area contributed by atoms with Crippen molar-refractivity contribution in [1.29, 1.82) is 0 Å². The standard InChI is InChI=1S/C21H23NO6/c23-20(24)14-28-18-6-3-5-16(12-18)22-21(25)19-7-2-1-4-15(19)13-27-17-8-10-26-11-9-17/h1-7,12,17H,8-11,13-14H2,(H,22,25)(H,23,24). The quantitative estimate of drug-likeness (QED) is 0.725. The Kier molecular flexibility index (Phi) is 7.00. The zero-order chi connectivity index (χ0) is 19.8. The first kappa shape index (κ1) is 19.9. The fourth-order valence-electron chi connectivity index (χ4n) is 2.93. The second-order valence-electron chi connectivity index (χ2n) is 6.44. The molecule has 0 radical (unpaired) electrons. The van der Waals surface area contributed by atoms with E-state index in [0.29, 0.717) is 36.8 Å². The molecule has 0 atom stereocenters. The van der Waals surface area contributed by atoms with Gasteiger partial charge in [-0.05, 0) is 36.6 Å². The Hall–Kier alpha value is -2.90. The first-order valence-electron chi connectivity index (χ1n) is 9.15. The van der Waals surface area contributed by atoms with Gasteiger partial charge in [-0.25, -0.2) is 4.79 Å². The highest BCUT2D eigenvalue weighted by molar-refractivity contribution is 6.05. The smallest absolute Gasteiger partial charge is 0.341 e. The third kappa shape index (κ3) is 5.80. The van der Waals surface area contributed by atoms with Crippen molar-refractivity contribution in [3.63, 3.8) is 0 Å². The SMILES string of the molecule is O=C(O)COc1cccc(NC(=O)c2ccccc2COC2CCOCC2)c1. The number of hydrogen-bond donors (Lipinski definition) is 2. The molecule has 0 unspecified atom stereocenters. The Morgan fingerprint density at radius 2 is 1.89 bits per heavy atom. The first-order chi connectivity index (χ1) is 13.6. The highest BCUT2D eigenvalue weighted by atomic mass is 16.5. The fourth-order valence-corrected chi connectivity index (χ4v) is 2.93. The van der Waals surface area contributed by atoms with Gasteiger partial charge in [0.1, 0.15) is 5.75 Å². The van der Waals surface area contributed by atoms with Gasteiger partial charge in [0, 0.05) is 30.5 Å². The van der Waals surface area contributed by atoms with Crippen LogP contribution in [0.25, 0.3) is 0 Å². The summed E-state index contributed by atoms with van der Waals surface area (Å²) in [5, 5.41) is 11.5. The minimum absolute atomic E-state index is 0.146. The van der Waals surface area contributed by atoms with Crippen molar-refractivity contribution in [2.24, 2.45) is 0 Å². The molecule has 7 nitrogen and oxygen atoms in total. The number of hydrogen-bond acceptors (Lipinski definition) is 5. The topological polar surface area (TPSA) is 94.1 Å². The molecule has 0 spiro atoms. The van der Waals surface area contributed by atoms with Gasteiger partial charge < -0.3 is 24.6 Å². The summed E-state index contributed by atoms with van der Waals surface area (Å²) in [4.78, 5) is 23.4. The number of nitrogens with one attached hydrogen (secondary N) is 1. The summed E-state index contributed by atoms with van der Waals surface area (Å²) >= 11 is 0. The number of aliphatic carboxylic acids is 1. The van der Waals surface area contributed by atoms with Gasteiger partial charge in [-0.3, -0.25) is 4.79 Å². The molecule has 2 N–H and O–H groups in total. The van der Waals surface area contributed by atoms with Crippen LogP contribution in [0.3, 0.4) is 0 Å². The molecule has 1 heterocycles. The van der Waals surface area contributed by atoms with Crippen LogP contribution in [0.15, 0.2) is 48.5 Å². The Balaban J connectivity index is 1.64. The summed E-state index contributed by atoms with van der Waals surface area (Å²) in [6.45, 7) is 1.32. The molecule has 28 heavy (non-hydrogen) atoms. The molecule has 7 heteroatoms. The van der Waals surface area contributed by atoms with Crippen LogP contribution in [0.1, 0.15) is 28.8 Å². The number of carbonyl (C=O) groups excluding carboxylic acids is 1. The summed E-state index contributed by atoms with van der Waals surface area (Å²) < 4.78 is 16.4. The molecular weight excluding hydrogens is 362 g/mol. The number of carboxylic acid groups (broad SMARTS) is 1. The molecule has 1 aliphatic heterocycles. The normalized spacial score (nSPS) is 14.4. The number of carboxylic acids is 1.